The van der Waals surface area contributed by atoms with Gasteiger partial charge in [0.05, 0.1) is 16.8 Å². The highest BCUT2D eigenvalue weighted by atomic mass is 19.4. The van der Waals surface area contributed by atoms with E-state index in [2.05, 4.69) is 5.32 Å². The molecule has 2 aliphatic rings. The number of carbonyl (C=O) groups excluding carboxylic acids is 1. The summed E-state index contributed by atoms with van der Waals surface area (Å²) in [7, 11) is -0.994. The Morgan fingerprint density at radius 3 is 2.07 bits per heavy atom. The van der Waals surface area contributed by atoms with Gasteiger partial charge in [0.1, 0.15) is 12.4 Å². The van der Waals surface area contributed by atoms with E-state index in [4.69, 9.17) is 14.0 Å². The maximum atomic E-state index is 14.1. The van der Waals surface area contributed by atoms with Gasteiger partial charge in [0.2, 0.25) is 0 Å². The highest BCUT2D eigenvalue weighted by Crippen LogP contribution is 2.44. The van der Waals surface area contributed by atoms with Gasteiger partial charge in [-0.25, -0.2) is 9.18 Å². The fourth-order valence-electron chi connectivity index (χ4n) is 5.09. The number of rotatable bonds is 6. The van der Waals surface area contributed by atoms with Gasteiger partial charge < -0.3 is 19.4 Å². The number of hydrogen-bond donors (Lipinski definition) is 1. The summed E-state index contributed by atoms with van der Waals surface area (Å²) in [5.74, 6) is -1.18. The minimum atomic E-state index is -4.73. The van der Waals surface area contributed by atoms with Gasteiger partial charge in [0, 0.05) is 12.5 Å². The average Bonchev–Trinajstić information content (AvgIpc) is 3.33. The maximum Gasteiger partial charge on any atom is 0.492 e. The van der Waals surface area contributed by atoms with Crippen molar-refractivity contribution < 1.29 is 36.4 Å². The number of nitrogens with one attached hydrogen (secondary N) is 1. The Morgan fingerprint density at radius 2 is 1.51 bits per heavy atom. The summed E-state index contributed by atoms with van der Waals surface area (Å²) in [6.45, 7) is 7.24. The van der Waals surface area contributed by atoms with Crippen LogP contribution in [-0.2, 0) is 20.2 Å². The Morgan fingerprint density at radius 1 is 0.951 bits per heavy atom. The van der Waals surface area contributed by atoms with E-state index in [1.165, 1.54) is 6.08 Å². The maximum absolute atomic E-state index is 14.1. The second kappa shape index (κ2) is 10.7. The molecule has 0 radical (unpaired) electrons. The summed E-state index contributed by atoms with van der Waals surface area (Å²) in [6, 6.07) is 18.1. The lowest BCUT2D eigenvalue weighted by molar-refractivity contribution is -0.137. The molecule has 1 saturated heterocycles. The molecule has 10 heteroatoms. The first-order valence-electron chi connectivity index (χ1n) is 13.3. The molecule has 5 rings (SSSR count). The van der Waals surface area contributed by atoms with Crippen molar-refractivity contribution in [3.63, 3.8) is 0 Å². The minimum Gasteiger partial charge on any atom is -0.449 e. The molecule has 0 aromatic heterocycles. The van der Waals surface area contributed by atoms with Gasteiger partial charge in [0.15, 0.2) is 0 Å². The number of amides is 1. The van der Waals surface area contributed by atoms with E-state index >= 15 is 0 Å². The van der Waals surface area contributed by atoms with Gasteiger partial charge in [0.25, 0.3) is 0 Å². The number of fused-ring (bicyclic) bond motifs is 3. The molecule has 1 N–H and O–H groups in total. The fraction of sp³-hybridized carbons (Fsp3) is 0.323. The molecule has 0 atom stereocenters. The molecule has 1 amide bonds. The smallest absolute Gasteiger partial charge is 0.449 e. The summed E-state index contributed by atoms with van der Waals surface area (Å²) >= 11 is 0. The van der Waals surface area contributed by atoms with Crippen LogP contribution in [0.2, 0.25) is 0 Å². The van der Waals surface area contributed by atoms with Crippen molar-refractivity contribution in [3.8, 4) is 11.1 Å². The van der Waals surface area contributed by atoms with E-state index in [1.807, 2.05) is 76.2 Å². The van der Waals surface area contributed by atoms with E-state index in [9.17, 15) is 22.4 Å². The Labute approximate surface area is 236 Å². The Hall–Kier alpha value is -3.63. The van der Waals surface area contributed by atoms with E-state index in [0.717, 1.165) is 34.4 Å². The molecule has 0 saturated carbocycles. The predicted octanol–water partition coefficient (Wildman–Crippen LogP) is 7.40. The van der Waals surface area contributed by atoms with Crippen LogP contribution in [0.15, 0.2) is 72.2 Å². The molecule has 3 aromatic rings. The summed E-state index contributed by atoms with van der Waals surface area (Å²) in [6.07, 6.45) is -4.11. The minimum absolute atomic E-state index is 0.0450. The molecule has 1 aliphatic carbocycles. The SMILES string of the molecule is CC1(C)OB(C(=Cc2cc(F)cc(C(F)(F)F)c2)CNC(=O)OCC2c3ccccc3-c3ccccc32)OC1(C)C. The molecule has 214 valence electrons. The lowest BCUT2D eigenvalue weighted by Crippen LogP contribution is -2.41. The molecule has 3 aromatic carbocycles. The third-order valence-electron chi connectivity index (χ3n) is 7.94. The van der Waals surface area contributed by atoms with E-state index in [1.54, 1.807) is 0 Å². The van der Waals surface area contributed by atoms with Crippen LogP contribution in [-0.4, -0.2) is 37.6 Å². The van der Waals surface area contributed by atoms with Crippen molar-refractivity contribution >= 4 is 19.3 Å². The van der Waals surface area contributed by atoms with Crippen LogP contribution in [0.4, 0.5) is 22.4 Å². The number of alkyl carbamates (subject to hydrolysis) is 1. The standard InChI is InChI=1S/C31H30BF4NO4/c1-29(2)30(3,4)41-32(40-29)21(14-19-13-20(31(34,35)36)16-22(33)15-19)17-37-28(38)39-18-27-25-11-7-5-9-23(25)24-10-6-8-12-26(24)27/h5-16,27H,17-18H2,1-4H3,(H,37,38). The number of alkyl halides is 3. The van der Waals surface area contributed by atoms with Gasteiger partial charge in [-0.2, -0.15) is 13.2 Å². The zero-order valence-corrected chi connectivity index (χ0v) is 23.1. The fourth-order valence-corrected chi connectivity index (χ4v) is 5.09. The molecule has 0 unspecified atom stereocenters. The number of benzene rings is 3. The van der Waals surface area contributed by atoms with Crippen LogP contribution in [0.3, 0.4) is 0 Å². The molecular formula is C31H30BF4NO4. The molecule has 1 aliphatic heterocycles. The van der Waals surface area contributed by atoms with Gasteiger partial charge >= 0.3 is 19.4 Å². The zero-order chi connectivity index (χ0) is 29.6. The van der Waals surface area contributed by atoms with Crippen molar-refractivity contribution in [1.29, 1.82) is 0 Å². The van der Waals surface area contributed by atoms with E-state index < -0.39 is 42.0 Å². The summed E-state index contributed by atoms with van der Waals surface area (Å²) in [4.78, 5) is 12.8. The van der Waals surface area contributed by atoms with E-state index in [0.29, 0.717) is 11.5 Å². The van der Waals surface area contributed by atoms with Gasteiger partial charge in [-0.05, 0) is 79.2 Å². The topological polar surface area (TPSA) is 56.8 Å². The van der Waals surface area contributed by atoms with Crippen LogP contribution >= 0.6 is 0 Å². The third-order valence-corrected chi connectivity index (χ3v) is 7.94. The van der Waals surface area contributed by atoms with Gasteiger partial charge in [-0.15, -0.1) is 0 Å². The first kappa shape index (κ1) is 28.9. The van der Waals surface area contributed by atoms with Crippen molar-refractivity contribution in [2.75, 3.05) is 13.2 Å². The average molecular weight is 567 g/mol. The molecule has 0 bridgehead atoms. The number of hydrogen-bond acceptors (Lipinski definition) is 4. The lowest BCUT2D eigenvalue weighted by Gasteiger charge is -2.32. The summed E-state index contributed by atoms with van der Waals surface area (Å²) < 4.78 is 71.9. The Balaban J connectivity index is 1.34. The van der Waals surface area contributed by atoms with Crippen LogP contribution < -0.4 is 5.32 Å². The quantitative estimate of drug-likeness (QED) is 0.249. The zero-order valence-electron chi connectivity index (χ0n) is 23.1. The van der Waals surface area contributed by atoms with Crippen molar-refractivity contribution in [3.05, 3.63) is 100 Å². The van der Waals surface area contributed by atoms with Crippen LogP contribution in [0, 0.1) is 5.82 Å². The molecule has 5 nitrogen and oxygen atoms in total. The monoisotopic (exact) mass is 567 g/mol. The largest absolute Gasteiger partial charge is 0.492 e. The van der Waals surface area contributed by atoms with Crippen LogP contribution in [0.25, 0.3) is 17.2 Å². The first-order chi connectivity index (χ1) is 19.2. The van der Waals surface area contributed by atoms with Crippen molar-refractivity contribution in [2.45, 2.75) is 51.0 Å². The highest BCUT2D eigenvalue weighted by molar-refractivity contribution is 6.56. The summed E-state index contributed by atoms with van der Waals surface area (Å²) in [5.41, 5.74) is 1.94. The Kier molecular flexibility index (Phi) is 7.50. The van der Waals surface area contributed by atoms with E-state index in [-0.39, 0.29) is 24.6 Å². The number of ether oxygens (including phenoxy) is 1. The predicted molar refractivity (Wildman–Crippen MR) is 149 cm³/mol. The molecule has 0 spiro atoms. The highest BCUT2D eigenvalue weighted by Gasteiger charge is 2.52. The molecular weight excluding hydrogens is 537 g/mol. The normalized spacial score (nSPS) is 17.8. The van der Waals surface area contributed by atoms with Crippen LogP contribution in [0.1, 0.15) is 55.9 Å². The molecule has 1 heterocycles. The Bertz CT molecular complexity index is 1440. The number of carbonyl (C=O) groups is 1. The van der Waals surface area contributed by atoms with Crippen molar-refractivity contribution in [1.82, 2.24) is 5.32 Å². The van der Waals surface area contributed by atoms with Gasteiger partial charge in [-0.3, -0.25) is 0 Å². The number of halogens is 4. The van der Waals surface area contributed by atoms with Gasteiger partial charge in [-0.1, -0.05) is 54.6 Å². The van der Waals surface area contributed by atoms with Crippen LogP contribution in [0.5, 0.6) is 0 Å². The first-order valence-corrected chi connectivity index (χ1v) is 13.3. The third kappa shape index (κ3) is 5.90. The lowest BCUT2D eigenvalue weighted by atomic mass is 9.77. The molecule has 1 fully saturated rings. The summed E-state index contributed by atoms with van der Waals surface area (Å²) in [5, 5.41) is 2.66. The van der Waals surface area contributed by atoms with Crippen molar-refractivity contribution in [2.24, 2.45) is 0 Å². The second-order valence-corrected chi connectivity index (χ2v) is 11.3. The second-order valence-electron chi connectivity index (χ2n) is 11.3. The molecule has 41 heavy (non-hydrogen) atoms.